The molecule has 0 saturated carbocycles. The normalized spacial score (nSPS) is 19.0. The van der Waals surface area contributed by atoms with Crippen LogP contribution in [0.15, 0.2) is 12.3 Å². The first kappa shape index (κ1) is 14.2. The standard InChI is InChI=1S/C12H18N4O4/c1-20-10-4-11(13)14-5-9(10)15-2-3-16(12(18)19)8(6-15)7-17/h4-5,8,17H,2-3,6-7H2,1H3,(H2,13,14)(H,18,19). The molecule has 2 heterocycles. The number of anilines is 2. The quantitative estimate of drug-likeness (QED) is 0.705. The van der Waals surface area contributed by atoms with E-state index in [0.29, 0.717) is 31.2 Å². The second kappa shape index (κ2) is 5.83. The lowest BCUT2D eigenvalue weighted by Crippen LogP contribution is -2.56. The fourth-order valence-electron chi connectivity index (χ4n) is 2.33. The Hall–Kier alpha value is -2.22. The number of aromatic nitrogens is 1. The Morgan fingerprint density at radius 1 is 1.60 bits per heavy atom. The van der Waals surface area contributed by atoms with Gasteiger partial charge in [-0.1, -0.05) is 0 Å². The molecule has 0 spiro atoms. The van der Waals surface area contributed by atoms with E-state index in [0.717, 1.165) is 5.69 Å². The van der Waals surface area contributed by atoms with Crippen LogP contribution < -0.4 is 15.4 Å². The molecule has 1 saturated heterocycles. The number of aliphatic hydroxyl groups is 1. The SMILES string of the molecule is COc1cc(N)ncc1N1CCN(C(=O)O)C(CO)C1. The number of hydrogen-bond donors (Lipinski definition) is 3. The number of nitrogens with zero attached hydrogens (tertiary/aromatic N) is 3. The van der Waals surface area contributed by atoms with Crippen LogP contribution in [-0.4, -0.2) is 65.6 Å². The summed E-state index contributed by atoms with van der Waals surface area (Å²) < 4.78 is 5.27. The van der Waals surface area contributed by atoms with Gasteiger partial charge in [0.05, 0.1) is 31.6 Å². The zero-order valence-corrected chi connectivity index (χ0v) is 11.2. The molecule has 1 unspecified atom stereocenters. The summed E-state index contributed by atoms with van der Waals surface area (Å²) in [5.74, 6) is 0.937. The maximum atomic E-state index is 11.1. The van der Waals surface area contributed by atoms with Crippen molar-refractivity contribution in [2.45, 2.75) is 6.04 Å². The molecule has 1 amide bonds. The first-order chi connectivity index (χ1) is 9.56. The third-order valence-corrected chi connectivity index (χ3v) is 3.37. The minimum absolute atomic E-state index is 0.229. The van der Waals surface area contributed by atoms with Gasteiger partial charge in [-0.25, -0.2) is 9.78 Å². The average molecular weight is 282 g/mol. The fraction of sp³-hybridized carbons (Fsp3) is 0.500. The monoisotopic (exact) mass is 282 g/mol. The van der Waals surface area contributed by atoms with Crippen LogP contribution in [0, 0.1) is 0 Å². The Balaban J connectivity index is 2.21. The summed E-state index contributed by atoms with van der Waals surface area (Å²) in [6.07, 6.45) is 0.574. The minimum Gasteiger partial charge on any atom is -0.494 e. The number of ether oxygens (including phenoxy) is 1. The van der Waals surface area contributed by atoms with Crippen molar-refractivity contribution in [3.8, 4) is 5.75 Å². The highest BCUT2D eigenvalue weighted by atomic mass is 16.5. The number of methoxy groups -OCH3 is 1. The van der Waals surface area contributed by atoms with Crippen molar-refractivity contribution in [3.05, 3.63) is 12.3 Å². The van der Waals surface area contributed by atoms with Crippen molar-refractivity contribution in [1.29, 1.82) is 0 Å². The third kappa shape index (κ3) is 2.69. The summed E-state index contributed by atoms with van der Waals surface area (Å²) in [4.78, 5) is 18.3. The predicted octanol–water partition coefficient (Wildman–Crippen LogP) is -0.167. The maximum Gasteiger partial charge on any atom is 0.407 e. The van der Waals surface area contributed by atoms with Crippen LogP contribution in [0.25, 0.3) is 0 Å². The second-order valence-corrected chi connectivity index (χ2v) is 4.54. The summed E-state index contributed by atoms with van der Waals surface area (Å²) in [5.41, 5.74) is 6.35. The van der Waals surface area contributed by atoms with Gasteiger partial charge in [0.2, 0.25) is 0 Å². The molecule has 20 heavy (non-hydrogen) atoms. The number of amides is 1. The molecule has 0 radical (unpaired) electrons. The van der Waals surface area contributed by atoms with Gasteiger partial charge in [0.15, 0.2) is 0 Å². The number of carboxylic acid groups (broad SMARTS) is 1. The first-order valence-electron chi connectivity index (χ1n) is 6.21. The van der Waals surface area contributed by atoms with Crippen LogP contribution in [-0.2, 0) is 0 Å². The van der Waals surface area contributed by atoms with Gasteiger partial charge in [-0.3, -0.25) is 4.90 Å². The Labute approximate surface area is 116 Å². The molecule has 0 aliphatic carbocycles. The zero-order chi connectivity index (χ0) is 14.7. The van der Waals surface area contributed by atoms with Crippen LogP contribution in [0.4, 0.5) is 16.3 Å². The van der Waals surface area contributed by atoms with E-state index >= 15 is 0 Å². The number of rotatable bonds is 3. The van der Waals surface area contributed by atoms with E-state index in [1.54, 1.807) is 12.3 Å². The molecule has 4 N–H and O–H groups in total. The number of aliphatic hydroxyl groups excluding tert-OH is 1. The Morgan fingerprint density at radius 3 is 2.95 bits per heavy atom. The summed E-state index contributed by atoms with van der Waals surface area (Å²) in [5, 5.41) is 18.4. The van der Waals surface area contributed by atoms with Crippen molar-refractivity contribution in [2.24, 2.45) is 0 Å². The van der Waals surface area contributed by atoms with Crippen molar-refractivity contribution >= 4 is 17.6 Å². The van der Waals surface area contributed by atoms with Crippen molar-refractivity contribution in [3.63, 3.8) is 0 Å². The van der Waals surface area contributed by atoms with Crippen LogP contribution in [0.5, 0.6) is 5.75 Å². The molecule has 1 aromatic rings. The van der Waals surface area contributed by atoms with Gasteiger partial charge in [0.25, 0.3) is 0 Å². The highest BCUT2D eigenvalue weighted by Crippen LogP contribution is 2.30. The largest absolute Gasteiger partial charge is 0.494 e. The van der Waals surface area contributed by atoms with Gasteiger partial charge in [-0.15, -0.1) is 0 Å². The lowest BCUT2D eigenvalue weighted by atomic mass is 10.1. The molecule has 8 heteroatoms. The number of hydrogen-bond acceptors (Lipinski definition) is 6. The molecular formula is C12H18N4O4. The molecule has 1 atom stereocenters. The summed E-state index contributed by atoms with van der Waals surface area (Å²) in [6, 6.07) is 1.15. The van der Waals surface area contributed by atoms with Crippen LogP contribution in [0.3, 0.4) is 0 Å². The Kier molecular flexibility index (Phi) is 4.14. The van der Waals surface area contributed by atoms with Crippen LogP contribution in [0.2, 0.25) is 0 Å². The van der Waals surface area contributed by atoms with Gasteiger partial charge >= 0.3 is 6.09 Å². The number of nitrogen functional groups attached to an aromatic ring is 1. The van der Waals surface area contributed by atoms with Gasteiger partial charge in [-0.05, 0) is 0 Å². The highest BCUT2D eigenvalue weighted by molar-refractivity contribution is 5.67. The molecule has 0 bridgehead atoms. The van der Waals surface area contributed by atoms with E-state index < -0.39 is 12.1 Å². The Morgan fingerprint density at radius 2 is 2.35 bits per heavy atom. The molecule has 110 valence electrons. The van der Waals surface area contributed by atoms with Gasteiger partial charge in [0.1, 0.15) is 11.6 Å². The molecule has 2 rings (SSSR count). The molecular weight excluding hydrogens is 264 g/mol. The van der Waals surface area contributed by atoms with E-state index in [9.17, 15) is 9.90 Å². The van der Waals surface area contributed by atoms with E-state index in [1.807, 2.05) is 4.90 Å². The lowest BCUT2D eigenvalue weighted by Gasteiger charge is -2.40. The minimum atomic E-state index is -1.02. The number of nitrogens with two attached hydrogens (primary N) is 1. The van der Waals surface area contributed by atoms with Gasteiger partial charge in [0, 0.05) is 25.7 Å². The second-order valence-electron chi connectivity index (χ2n) is 4.54. The summed E-state index contributed by atoms with van der Waals surface area (Å²) in [7, 11) is 1.54. The summed E-state index contributed by atoms with van der Waals surface area (Å²) in [6.45, 7) is 0.969. The lowest BCUT2D eigenvalue weighted by molar-refractivity contribution is 0.0909. The van der Waals surface area contributed by atoms with E-state index in [1.165, 1.54) is 12.0 Å². The van der Waals surface area contributed by atoms with Gasteiger partial charge < -0.3 is 25.6 Å². The van der Waals surface area contributed by atoms with E-state index in [2.05, 4.69) is 4.98 Å². The zero-order valence-electron chi connectivity index (χ0n) is 11.2. The van der Waals surface area contributed by atoms with Crippen LogP contribution in [0.1, 0.15) is 0 Å². The Bertz CT molecular complexity index is 496. The molecule has 8 nitrogen and oxygen atoms in total. The average Bonchev–Trinajstić information content (AvgIpc) is 2.46. The van der Waals surface area contributed by atoms with Crippen molar-refractivity contribution in [2.75, 3.05) is 44.0 Å². The topological polar surface area (TPSA) is 112 Å². The third-order valence-electron chi connectivity index (χ3n) is 3.37. The molecule has 1 aliphatic heterocycles. The first-order valence-corrected chi connectivity index (χ1v) is 6.21. The van der Waals surface area contributed by atoms with Crippen molar-refractivity contribution < 1.29 is 19.7 Å². The maximum absolute atomic E-state index is 11.1. The molecule has 1 aliphatic rings. The highest BCUT2D eigenvalue weighted by Gasteiger charge is 2.31. The molecule has 0 aromatic carbocycles. The predicted molar refractivity (Wildman–Crippen MR) is 73.0 cm³/mol. The number of piperazine rings is 1. The molecule has 1 fully saturated rings. The van der Waals surface area contributed by atoms with Gasteiger partial charge in [-0.2, -0.15) is 0 Å². The van der Waals surface area contributed by atoms with E-state index in [4.69, 9.17) is 15.6 Å². The number of carbonyl (C=O) groups is 1. The number of pyridine rings is 1. The molecule has 1 aromatic heterocycles. The summed E-state index contributed by atoms with van der Waals surface area (Å²) >= 11 is 0. The smallest absolute Gasteiger partial charge is 0.407 e. The van der Waals surface area contributed by atoms with E-state index in [-0.39, 0.29) is 6.61 Å². The van der Waals surface area contributed by atoms with Crippen LogP contribution >= 0.6 is 0 Å². The van der Waals surface area contributed by atoms with Crippen molar-refractivity contribution in [1.82, 2.24) is 9.88 Å². The fourth-order valence-corrected chi connectivity index (χ4v) is 2.33.